The Bertz CT molecular complexity index is 1160. The fourth-order valence-corrected chi connectivity index (χ4v) is 4.74. The van der Waals surface area contributed by atoms with E-state index in [4.69, 9.17) is 0 Å². The molecule has 0 saturated carbocycles. The summed E-state index contributed by atoms with van der Waals surface area (Å²) in [6.07, 6.45) is -9.69. The molecule has 1 saturated heterocycles. The molecule has 2 aromatic carbocycles. The zero-order chi connectivity index (χ0) is 28.6. The van der Waals surface area contributed by atoms with Gasteiger partial charge in [-0.05, 0) is 55.7 Å². The van der Waals surface area contributed by atoms with Crippen LogP contribution in [0.15, 0.2) is 36.4 Å². The molecule has 11 heteroatoms. The summed E-state index contributed by atoms with van der Waals surface area (Å²) < 4.78 is 80.4. The minimum absolute atomic E-state index is 0.0677. The molecular weight excluding hydrogens is 512 g/mol. The third-order valence-corrected chi connectivity index (χ3v) is 7.04. The monoisotopic (exact) mass is 543 g/mol. The van der Waals surface area contributed by atoms with Crippen molar-refractivity contribution in [3.05, 3.63) is 69.8 Å². The zero-order valence-electron chi connectivity index (χ0n) is 21.9. The summed E-state index contributed by atoms with van der Waals surface area (Å²) >= 11 is 0. The number of carbonyl (C=O) groups excluding carboxylic acids is 2. The van der Waals surface area contributed by atoms with Crippen LogP contribution in [-0.4, -0.2) is 53.3 Å². The van der Waals surface area contributed by atoms with E-state index in [1.54, 1.807) is 11.8 Å². The lowest BCUT2D eigenvalue weighted by Gasteiger charge is -2.44. The molecule has 38 heavy (non-hydrogen) atoms. The van der Waals surface area contributed by atoms with Crippen LogP contribution in [0, 0.1) is 13.8 Å². The highest BCUT2D eigenvalue weighted by Crippen LogP contribution is 2.39. The maximum atomic E-state index is 13.7. The van der Waals surface area contributed by atoms with Gasteiger partial charge in [0.2, 0.25) is 5.91 Å². The number of piperazine rings is 1. The SMILES string of the molecule is CCC(=O)N1CCN(C(=O)N(C)C(C)c2cc(C(F)(F)F)cc(C(F)(F)F)c2)C(c2ccc(C)cc2C)C1. The molecule has 1 aliphatic rings. The van der Waals surface area contributed by atoms with E-state index < -0.39 is 41.6 Å². The van der Waals surface area contributed by atoms with Gasteiger partial charge in [-0.25, -0.2) is 4.79 Å². The molecule has 2 aromatic rings. The predicted octanol–water partition coefficient (Wildman–Crippen LogP) is 6.75. The van der Waals surface area contributed by atoms with Crippen molar-refractivity contribution >= 4 is 11.9 Å². The van der Waals surface area contributed by atoms with E-state index in [2.05, 4.69) is 0 Å². The molecular formula is C27H31F6N3O2. The Morgan fingerprint density at radius 1 is 0.974 bits per heavy atom. The molecule has 0 radical (unpaired) electrons. The van der Waals surface area contributed by atoms with Crippen LogP contribution in [-0.2, 0) is 17.1 Å². The van der Waals surface area contributed by atoms with E-state index >= 15 is 0 Å². The van der Waals surface area contributed by atoms with Gasteiger partial charge in [-0.3, -0.25) is 4.79 Å². The lowest BCUT2D eigenvalue weighted by Crippen LogP contribution is -2.55. The summed E-state index contributed by atoms with van der Waals surface area (Å²) in [6.45, 7) is 7.60. The van der Waals surface area contributed by atoms with Gasteiger partial charge in [-0.15, -0.1) is 0 Å². The molecule has 0 aromatic heterocycles. The van der Waals surface area contributed by atoms with Crippen molar-refractivity contribution in [2.45, 2.75) is 58.6 Å². The van der Waals surface area contributed by atoms with E-state index in [0.29, 0.717) is 18.6 Å². The van der Waals surface area contributed by atoms with E-state index in [9.17, 15) is 35.9 Å². The molecule has 0 N–H and O–H groups in total. The summed E-state index contributed by atoms with van der Waals surface area (Å²) in [4.78, 5) is 30.5. The first-order valence-electron chi connectivity index (χ1n) is 12.2. The van der Waals surface area contributed by atoms with Gasteiger partial charge in [-0.2, -0.15) is 26.3 Å². The molecule has 0 spiro atoms. The standard InChI is InChI=1S/C27H31F6N3O2/c1-6-24(37)35-9-10-36(23(15-35)22-8-7-16(2)11-17(22)3)25(38)34(5)18(4)19-12-20(26(28,29)30)14-21(13-19)27(31,32)33/h7-8,11-14,18,23H,6,9-10,15H2,1-5H3. The Morgan fingerprint density at radius 3 is 2.05 bits per heavy atom. The van der Waals surface area contributed by atoms with Crippen molar-refractivity contribution in [1.82, 2.24) is 14.7 Å². The minimum Gasteiger partial charge on any atom is -0.339 e. The third-order valence-electron chi connectivity index (χ3n) is 7.04. The number of amides is 3. The molecule has 0 bridgehead atoms. The number of nitrogens with zero attached hydrogens (tertiary/aromatic N) is 3. The fourth-order valence-electron chi connectivity index (χ4n) is 4.74. The Labute approximate surface area is 218 Å². The highest BCUT2D eigenvalue weighted by molar-refractivity contribution is 5.78. The first-order chi connectivity index (χ1) is 17.5. The first kappa shape index (κ1) is 29.3. The second-order valence-corrected chi connectivity index (χ2v) is 9.67. The molecule has 5 nitrogen and oxygen atoms in total. The van der Waals surface area contributed by atoms with E-state index in [1.165, 1.54) is 18.9 Å². The van der Waals surface area contributed by atoms with Crippen LogP contribution in [0.2, 0.25) is 0 Å². The lowest BCUT2D eigenvalue weighted by molar-refractivity contribution is -0.143. The van der Waals surface area contributed by atoms with Crippen LogP contribution >= 0.6 is 0 Å². The maximum Gasteiger partial charge on any atom is 0.416 e. The number of carbonyl (C=O) groups is 2. The first-order valence-corrected chi connectivity index (χ1v) is 12.2. The highest BCUT2D eigenvalue weighted by atomic mass is 19.4. The summed E-state index contributed by atoms with van der Waals surface area (Å²) in [7, 11) is 1.35. The largest absolute Gasteiger partial charge is 0.416 e. The quantitative estimate of drug-likeness (QED) is 0.401. The average molecular weight is 544 g/mol. The van der Waals surface area contributed by atoms with Crippen molar-refractivity contribution < 1.29 is 35.9 Å². The zero-order valence-corrected chi connectivity index (χ0v) is 21.9. The highest BCUT2D eigenvalue weighted by Gasteiger charge is 2.39. The van der Waals surface area contributed by atoms with Crippen molar-refractivity contribution in [3.8, 4) is 0 Å². The Morgan fingerprint density at radius 2 is 1.55 bits per heavy atom. The number of rotatable bonds is 4. The average Bonchev–Trinajstić information content (AvgIpc) is 2.85. The molecule has 1 heterocycles. The summed E-state index contributed by atoms with van der Waals surface area (Å²) in [5, 5.41) is 0. The molecule has 208 valence electrons. The molecule has 1 aliphatic heterocycles. The van der Waals surface area contributed by atoms with Gasteiger partial charge in [-0.1, -0.05) is 30.7 Å². The van der Waals surface area contributed by atoms with E-state index in [0.717, 1.165) is 21.6 Å². The smallest absolute Gasteiger partial charge is 0.339 e. The Balaban J connectivity index is 1.98. The lowest BCUT2D eigenvalue weighted by atomic mass is 9.96. The molecule has 2 atom stereocenters. The van der Waals surface area contributed by atoms with Gasteiger partial charge in [0.05, 0.1) is 23.2 Å². The van der Waals surface area contributed by atoms with Crippen LogP contribution in [0.5, 0.6) is 0 Å². The van der Waals surface area contributed by atoms with Crippen molar-refractivity contribution in [1.29, 1.82) is 0 Å². The van der Waals surface area contributed by atoms with Gasteiger partial charge < -0.3 is 14.7 Å². The third kappa shape index (κ3) is 6.24. The fraction of sp³-hybridized carbons (Fsp3) is 0.481. The van der Waals surface area contributed by atoms with Crippen molar-refractivity contribution in [3.63, 3.8) is 0 Å². The predicted molar refractivity (Wildman–Crippen MR) is 130 cm³/mol. The van der Waals surface area contributed by atoms with Gasteiger partial charge in [0.15, 0.2) is 0 Å². The number of urea groups is 1. The topological polar surface area (TPSA) is 43.9 Å². The van der Waals surface area contributed by atoms with Gasteiger partial charge in [0.1, 0.15) is 0 Å². The number of alkyl halides is 6. The molecule has 2 unspecified atom stereocenters. The minimum atomic E-state index is -4.99. The van der Waals surface area contributed by atoms with Crippen molar-refractivity contribution in [2.24, 2.45) is 0 Å². The second-order valence-electron chi connectivity index (χ2n) is 9.67. The second kappa shape index (κ2) is 10.9. The van der Waals surface area contributed by atoms with Crippen LogP contribution < -0.4 is 0 Å². The Hall–Kier alpha value is -3.24. The number of halogens is 6. The van der Waals surface area contributed by atoms with Crippen LogP contribution in [0.4, 0.5) is 31.1 Å². The normalized spacial score (nSPS) is 17.4. The maximum absolute atomic E-state index is 13.7. The summed E-state index contributed by atoms with van der Waals surface area (Å²) in [5.41, 5.74) is -0.424. The number of hydrogen-bond donors (Lipinski definition) is 0. The molecule has 3 rings (SSSR count). The van der Waals surface area contributed by atoms with E-state index in [1.807, 2.05) is 32.0 Å². The molecule has 1 fully saturated rings. The molecule has 0 aliphatic carbocycles. The van der Waals surface area contributed by atoms with E-state index in [-0.39, 0.29) is 37.2 Å². The number of hydrogen-bond acceptors (Lipinski definition) is 2. The number of aryl methyl sites for hydroxylation is 2. The molecule has 3 amide bonds. The van der Waals surface area contributed by atoms with Crippen LogP contribution in [0.1, 0.15) is 65.7 Å². The van der Waals surface area contributed by atoms with Crippen molar-refractivity contribution in [2.75, 3.05) is 26.7 Å². The van der Waals surface area contributed by atoms with Gasteiger partial charge in [0, 0.05) is 33.1 Å². The van der Waals surface area contributed by atoms with Crippen LogP contribution in [0.25, 0.3) is 0 Å². The van der Waals surface area contributed by atoms with Gasteiger partial charge in [0.25, 0.3) is 0 Å². The van der Waals surface area contributed by atoms with Crippen LogP contribution in [0.3, 0.4) is 0 Å². The summed E-state index contributed by atoms with van der Waals surface area (Å²) in [5.74, 6) is -0.0720. The summed E-state index contributed by atoms with van der Waals surface area (Å²) in [6, 6.07) is 4.88. The number of benzene rings is 2. The van der Waals surface area contributed by atoms with Gasteiger partial charge >= 0.3 is 18.4 Å². The Kier molecular flexibility index (Phi) is 8.38.